The van der Waals surface area contributed by atoms with Crippen molar-refractivity contribution in [3.05, 3.63) is 34.4 Å². The smallest absolute Gasteiger partial charge is 0.269 e. The van der Waals surface area contributed by atoms with Crippen LogP contribution in [0, 0.1) is 10.1 Å². The Labute approximate surface area is 105 Å². The number of nitro benzene ring substituents is 1. The molecule has 0 bridgehead atoms. The van der Waals surface area contributed by atoms with E-state index in [0.29, 0.717) is 18.7 Å². The first-order chi connectivity index (χ1) is 8.49. The minimum Gasteiger partial charge on any atom is -0.384 e. The number of nitro groups is 1. The van der Waals surface area contributed by atoms with E-state index in [4.69, 9.17) is 0 Å². The highest BCUT2D eigenvalue weighted by Gasteiger charge is 2.30. The van der Waals surface area contributed by atoms with Gasteiger partial charge in [0.25, 0.3) is 5.69 Å². The normalized spacial score (nSPS) is 21.7. The minimum absolute atomic E-state index is 0.0223. The van der Waals surface area contributed by atoms with Crippen LogP contribution < -0.4 is 5.32 Å². The van der Waals surface area contributed by atoms with Gasteiger partial charge < -0.3 is 5.32 Å². The number of sulfone groups is 1. The summed E-state index contributed by atoms with van der Waals surface area (Å²) in [5.41, 5.74) is 0.719. The summed E-state index contributed by atoms with van der Waals surface area (Å²) in [6, 6.07) is 5.95. The molecule has 98 valence electrons. The van der Waals surface area contributed by atoms with Crippen molar-refractivity contribution in [2.75, 3.05) is 17.6 Å². The number of hydrogen-bond acceptors (Lipinski definition) is 5. The third-order valence-electron chi connectivity index (χ3n) is 3.07. The summed E-state index contributed by atoms with van der Waals surface area (Å²) in [5.74, 6) is 0.264. The zero-order valence-corrected chi connectivity index (χ0v) is 10.5. The van der Waals surface area contributed by atoms with Gasteiger partial charge in [-0.1, -0.05) is 0 Å². The van der Waals surface area contributed by atoms with Crippen LogP contribution in [0.5, 0.6) is 0 Å². The highest BCUT2D eigenvalue weighted by molar-refractivity contribution is 7.92. The van der Waals surface area contributed by atoms with E-state index in [0.717, 1.165) is 6.42 Å². The second-order valence-corrected chi connectivity index (χ2v) is 6.72. The first kappa shape index (κ1) is 12.8. The average molecular weight is 270 g/mol. The van der Waals surface area contributed by atoms with Crippen molar-refractivity contribution in [2.45, 2.75) is 18.1 Å². The van der Waals surface area contributed by atoms with Crippen molar-refractivity contribution in [1.29, 1.82) is 0 Å². The summed E-state index contributed by atoms with van der Waals surface area (Å²) in [5, 5.41) is 13.1. The molecule has 1 atom stereocenters. The van der Waals surface area contributed by atoms with Gasteiger partial charge in [0.2, 0.25) is 0 Å². The van der Waals surface area contributed by atoms with Crippen LogP contribution >= 0.6 is 0 Å². The molecule has 1 fully saturated rings. The molecule has 18 heavy (non-hydrogen) atoms. The predicted molar refractivity (Wildman–Crippen MR) is 68.4 cm³/mol. The third kappa shape index (κ3) is 2.79. The molecular formula is C11H14N2O4S. The van der Waals surface area contributed by atoms with E-state index in [2.05, 4.69) is 5.32 Å². The Morgan fingerprint density at radius 2 is 2.00 bits per heavy atom. The number of nitrogens with one attached hydrogen (secondary N) is 1. The molecule has 0 radical (unpaired) electrons. The summed E-state index contributed by atoms with van der Waals surface area (Å²) >= 11 is 0. The molecule has 0 saturated carbocycles. The largest absolute Gasteiger partial charge is 0.384 e. The Kier molecular flexibility index (Phi) is 3.51. The summed E-state index contributed by atoms with van der Waals surface area (Å²) in [6.45, 7) is 0.361. The van der Waals surface area contributed by atoms with Gasteiger partial charge >= 0.3 is 0 Å². The fourth-order valence-corrected chi connectivity index (χ4v) is 3.79. The molecule has 0 amide bonds. The Balaban J connectivity index is 1.96. The van der Waals surface area contributed by atoms with Gasteiger partial charge in [-0.05, 0) is 25.0 Å². The van der Waals surface area contributed by atoms with E-state index in [1.807, 2.05) is 0 Å². The molecule has 6 nitrogen and oxygen atoms in total. The lowest BCUT2D eigenvalue weighted by molar-refractivity contribution is -0.384. The van der Waals surface area contributed by atoms with E-state index in [1.165, 1.54) is 12.1 Å². The van der Waals surface area contributed by atoms with Crippen LogP contribution in [0.3, 0.4) is 0 Å². The van der Waals surface area contributed by atoms with Crippen LogP contribution in [0.25, 0.3) is 0 Å². The van der Waals surface area contributed by atoms with E-state index in [9.17, 15) is 18.5 Å². The predicted octanol–water partition coefficient (Wildman–Crippen LogP) is 1.58. The number of non-ortho nitro benzene ring substituents is 1. The number of hydrogen-bond donors (Lipinski definition) is 1. The van der Waals surface area contributed by atoms with Crippen molar-refractivity contribution in [3.63, 3.8) is 0 Å². The molecule has 1 N–H and O–H groups in total. The van der Waals surface area contributed by atoms with Crippen LogP contribution in [0.4, 0.5) is 11.4 Å². The number of rotatable bonds is 4. The Hall–Kier alpha value is -1.63. The monoisotopic (exact) mass is 270 g/mol. The summed E-state index contributed by atoms with van der Waals surface area (Å²) in [4.78, 5) is 10.0. The molecule has 1 aromatic rings. The van der Waals surface area contributed by atoms with Crippen molar-refractivity contribution in [3.8, 4) is 0 Å². The fourth-order valence-electron chi connectivity index (χ4n) is 2.02. The molecule has 1 aliphatic heterocycles. The van der Waals surface area contributed by atoms with Crippen molar-refractivity contribution in [1.82, 2.24) is 0 Å². The van der Waals surface area contributed by atoms with Crippen molar-refractivity contribution in [2.24, 2.45) is 0 Å². The van der Waals surface area contributed by atoms with Crippen LogP contribution in [-0.2, 0) is 9.84 Å². The van der Waals surface area contributed by atoms with Crippen molar-refractivity contribution < 1.29 is 13.3 Å². The molecule has 1 aromatic carbocycles. The van der Waals surface area contributed by atoms with Crippen molar-refractivity contribution >= 4 is 21.2 Å². The topological polar surface area (TPSA) is 89.3 Å². The molecule has 0 aromatic heterocycles. The quantitative estimate of drug-likeness (QED) is 0.662. The zero-order valence-electron chi connectivity index (χ0n) is 9.70. The highest BCUT2D eigenvalue weighted by atomic mass is 32.2. The van der Waals surface area contributed by atoms with E-state index >= 15 is 0 Å². The fraction of sp³-hybridized carbons (Fsp3) is 0.455. The molecule has 1 unspecified atom stereocenters. The molecular weight excluding hydrogens is 256 g/mol. The van der Waals surface area contributed by atoms with E-state index in [-0.39, 0.29) is 16.7 Å². The Morgan fingerprint density at radius 3 is 2.50 bits per heavy atom. The van der Waals surface area contributed by atoms with Crippen LogP contribution in [0.15, 0.2) is 24.3 Å². The molecule has 2 rings (SSSR count). The lowest BCUT2D eigenvalue weighted by Gasteiger charge is -2.11. The lowest BCUT2D eigenvalue weighted by atomic mass is 10.2. The molecule has 0 spiro atoms. The summed E-state index contributed by atoms with van der Waals surface area (Å²) < 4.78 is 23.2. The highest BCUT2D eigenvalue weighted by Crippen LogP contribution is 2.21. The minimum atomic E-state index is -2.95. The molecule has 0 aliphatic carbocycles. The second kappa shape index (κ2) is 4.93. The lowest BCUT2D eigenvalue weighted by Crippen LogP contribution is -2.24. The zero-order chi connectivity index (χ0) is 13.2. The van der Waals surface area contributed by atoms with Gasteiger partial charge in [-0.3, -0.25) is 10.1 Å². The Bertz CT molecular complexity index is 539. The van der Waals surface area contributed by atoms with E-state index < -0.39 is 14.8 Å². The number of anilines is 1. The van der Waals surface area contributed by atoms with Crippen LogP contribution in [0.1, 0.15) is 12.8 Å². The van der Waals surface area contributed by atoms with Gasteiger partial charge in [0.15, 0.2) is 9.84 Å². The van der Waals surface area contributed by atoms with Gasteiger partial charge in [0, 0.05) is 24.4 Å². The summed E-state index contributed by atoms with van der Waals surface area (Å²) in [7, 11) is -2.95. The molecule has 1 heterocycles. The second-order valence-electron chi connectivity index (χ2n) is 4.32. The average Bonchev–Trinajstić information content (AvgIpc) is 2.66. The van der Waals surface area contributed by atoms with Gasteiger partial charge in [-0.2, -0.15) is 0 Å². The van der Waals surface area contributed by atoms with Gasteiger partial charge in [0.1, 0.15) is 0 Å². The van der Waals surface area contributed by atoms with Gasteiger partial charge in [0.05, 0.1) is 15.9 Å². The SMILES string of the molecule is O=[N+]([O-])c1ccc(NCC2CCCS2(=O)=O)cc1. The summed E-state index contributed by atoms with van der Waals surface area (Å²) in [6.07, 6.45) is 1.40. The number of benzene rings is 1. The maximum Gasteiger partial charge on any atom is 0.269 e. The van der Waals surface area contributed by atoms with Crippen LogP contribution in [-0.4, -0.2) is 30.9 Å². The standard InChI is InChI=1S/C11H14N2O4S/c14-13(15)10-5-3-9(4-6-10)12-8-11-2-1-7-18(11,16)17/h3-6,11-12H,1-2,7-8H2. The first-order valence-electron chi connectivity index (χ1n) is 5.69. The van der Waals surface area contributed by atoms with Gasteiger partial charge in [-0.15, -0.1) is 0 Å². The third-order valence-corrected chi connectivity index (χ3v) is 5.35. The molecule has 1 saturated heterocycles. The van der Waals surface area contributed by atoms with Gasteiger partial charge in [-0.25, -0.2) is 8.42 Å². The first-order valence-corrected chi connectivity index (χ1v) is 7.40. The maximum absolute atomic E-state index is 11.6. The number of nitrogens with zero attached hydrogens (tertiary/aromatic N) is 1. The maximum atomic E-state index is 11.6. The van der Waals surface area contributed by atoms with Crippen LogP contribution in [0.2, 0.25) is 0 Å². The Morgan fingerprint density at radius 1 is 1.33 bits per heavy atom. The van der Waals surface area contributed by atoms with E-state index in [1.54, 1.807) is 12.1 Å². The molecule has 7 heteroatoms. The molecule has 1 aliphatic rings.